The Kier molecular flexibility index (Phi) is 4.27. The van der Waals surface area contributed by atoms with Crippen LogP contribution in [-0.2, 0) is 0 Å². The number of hydrogen-bond donors (Lipinski definition) is 0. The SMILES string of the molecule is CSCCN(C)c1cc(C#N)ccn1. The van der Waals surface area contributed by atoms with Crippen molar-refractivity contribution in [3.63, 3.8) is 0 Å². The van der Waals surface area contributed by atoms with E-state index in [2.05, 4.69) is 22.2 Å². The van der Waals surface area contributed by atoms with Crippen molar-refractivity contribution in [3.05, 3.63) is 23.9 Å². The smallest absolute Gasteiger partial charge is 0.129 e. The Balaban J connectivity index is 2.70. The van der Waals surface area contributed by atoms with E-state index in [1.165, 1.54) is 0 Å². The van der Waals surface area contributed by atoms with Gasteiger partial charge in [-0.05, 0) is 18.4 Å². The Bertz CT molecular complexity index is 332. The van der Waals surface area contributed by atoms with Gasteiger partial charge in [-0.25, -0.2) is 4.98 Å². The molecule has 3 nitrogen and oxygen atoms in total. The van der Waals surface area contributed by atoms with E-state index in [1.807, 2.05) is 7.05 Å². The highest BCUT2D eigenvalue weighted by atomic mass is 32.2. The van der Waals surface area contributed by atoms with E-state index in [0.717, 1.165) is 18.1 Å². The lowest BCUT2D eigenvalue weighted by atomic mass is 10.3. The molecule has 4 heteroatoms. The number of thioether (sulfide) groups is 1. The van der Waals surface area contributed by atoms with Crippen LogP contribution in [0, 0.1) is 11.3 Å². The second-order valence-electron chi connectivity index (χ2n) is 2.93. The van der Waals surface area contributed by atoms with Crippen LogP contribution in [0.4, 0.5) is 5.82 Å². The predicted molar refractivity (Wildman–Crippen MR) is 60.6 cm³/mol. The first-order valence-corrected chi connectivity index (χ1v) is 5.73. The summed E-state index contributed by atoms with van der Waals surface area (Å²) in [5.41, 5.74) is 0.658. The van der Waals surface area contributed by atoms with E-state index >= 15 is 0 Å². The van der Waals surface area contributed by atoms with Crippen LogP contribution in [0.25, 0.3) is 0 Å². The molecule has 0 fully saturated rings. The lowest BCUT2D eigenvalue weighted by Crippen LogP contribution is -2.21. The van der Waals surface area contributed by atoms with E-state index in [1.54, 1.807) is 30.1 Å². The molecule has 0 N–H and O–H groups in total. The van der Waals surface area contributed by atoms with Crippen molar-refractivity contribution in [1.82, 2.24) is 4.98 Å². The third-order valence-electron chi connectivity index (χ3n) is 1.90. The summed E-state index contributed by atoms with van der Waals surface area (Å²) < 4.78 is 0. The first kappa shape index (κ1) is 10.9. The van der Waals surface area contributed by atoms with Gasteiger partial charge in [0.15, 0.2) is 0 Å². The number of nitriles is 1. The zero-order chi connectivity index (χ0) is 10.4. The average Bonchev–Trinajstić information content (AvgIpc) is 2.26. The van der Waals surface area contributed by atoms with Crippen LogP contribution in [0.3, 0.4) is 0 Å². The van der Waals surface area contributed by atoms with Gasteiger partial charge in [-0.3, -0.25) is 0 Å². The third kappa shape index (κ3) is 2.93. The van der Waals surface area contributed by atoms with Gasteiger partial charge in [0.1, 0.15) is 5.82 Å². The molecule has 1 aromatic rings. The standard InChI is InChI=1S/C10H13N3S/c1-13(5-6-14-2)10-7-9(8-11)3-4-12-10/h3-4,7H,5-6H2,1-2H3. The first-order valence-electron chi connectivity index (χ1n) is 4.34. The number of pyridine rings is 1. The number of anilines is 1. The van der Waals surface area contributed by atoms with Crippen molar-refractivity contribution in [2.45, 2.75) is 0 Å². The van der Waals surface area contributed by atoms with Crippen molar-refractivity contribution in [1.29, 1.82) is 5.26 Å². The summed E-state index contributed by atoms with van der Waals surface area (Å²) in [5.74, 6) is 1.92. The molecule has 0 atom stereocenters. The van der Waals surface area contributed by atoms with E-state index in [0.29, 0.717) is 5.56 Å². The fourth-order valence-electron chi connectivity index (χ4n) is 1.04. The van der Waals surface area contributed by atoms with Crippen molar-refractivity contribution in [3.8, 4) is 6.07 Å². The normalized spacial score (nSPS) is 9.50. The Labute approximate surface area is 88.8 Å². The molecule has 0 saturated heterocycles. The first-order chi connectivity index (χ1) is 6.77. The van der Waals surface area contributed by atoms with Gasteiger partial charge in [-0.2, -0.15) is 17.0 Å². The molecule has 1 rings (SSSR count). The summed E-state index contributed by atoms with van der Waals surface area (Å²) in [6, 6.07) is 5.63. The molecule has 1 aromatic heterocycles. The molecule has 0 bridgehead atoms. The lowest BCUT2D eigenvalue weighted by Gasteiger charge is -2.17. The summed E-state index contributed by atoms with van der Waals surface area (Å²) in [4.78, 5) is 6.26. The maximum atomic E-state index is 8.72. The van der Waals surface area contributed by atoms with Crippen LogP contribution in [0.5, 0.6) is 0 Å². The molecular formula is C10H13N3S. The van der Waals surface area contributed by atoms with Crippen LogP contribution >= 0.6 is 11.8 Å². The zero-order valence-corrected chi connectivity index (χ0v) is 9.21. The second-order valence-corrected chi connectivity index (χ2v) is 3.91. The van der Waals surface area contributed by atoms with Crippen LogP contribution in [0.1, 0.15) is 5.56 Å². The summed E-state index contributed by atoms with van der Waals surface area (Å²) in [5, 5.41) is 8.72. The molecule has 0 unspecified atom stereocenters. The summed E-state index contributed by atoms with van der Waals surface area (Å²) in [6.45, 7) is 0.947. The second kappa shape index (κ2) is 5.51. The maximum Gasteiger partial charge on any atom is 0.129 e. The molecule has 0 radical (unpaired) electrons. The van der Waals surface area contributed by atoms with Crippen molar-refractivity contribution >= 4 is 17.6 Å². The van der Waals surface area contributed by atoms with Crippen LogP contribution in [0.2, 0.25) is 0 Å². The van der Waals surface area contributed by atoms with Gasteiger partial charge in [0.2, 0.25) is 0 Å². The fourth-order valence-corrected chi connectivity index (χ4v) is 1.50. The van der Waals surface area contributed by atoms with Gasteiger partial charge in [0, 0.05) is 25.5 Å². The molecule has 0 amide bonds. The fraction of sp³-hybridized carbons (Fsp3) is 0.400. The highest BCUT2D eigenvalue weighted by molar-refractivity contribution is 7.98. The highest BCUT2D eigenvalue weighted by Gasteiger charge is 2.02. The Morgan fingerprint density at radius 1 is 1.64 bits per heavy atom. The molecule has 0 aliphatic carbocycles. The molecule has 0 aliphatic heterocycles. The minimum atomic E-state index is 0.658. The van der Waals surface area contributed by atoms with E-state index in [-0.39, 0.29) is 0 Å². The summed E-state index contributed by atoms with van der Waals surface area (Å²) in [6.07, 6.45) is 3.75. The summed E-state index contributed by atoms with van der Waals surface area (Å²) in [7, 11) is 1.99. The number of nitrogens with zero attached hydrogens (tertiary/aromatic N) is 3. The van der Waals surface area contributed by atoms with Crippen LogP contribution in [-0.4, -0.2) is 30.6 Å². The Morgan fingerprint density at radius 2 is 2.43 bits per heavy atom. The predicted octanol–water partition coefficient (Wildman–Crippen LogP) is 1.75. The minimum absolute atomic E-state index is 0.658. The van der Waals surface area contributed by atoms with E-state index in [9.17, 15) is 0 Å². The zero-order valence-electron chi connectivity index (χ0n) is 8.40. The van der Waals surface area contributed by atoms with Crippen molar-refractivity contribution < 1.29 is 0 Å². The van der Waals surface area contributed by atoms with Gasteiger partial charge in [0.25, 0.3) is 0 Å². The molecule has 0 saturated carbocycles. The largest absolute Gasteiger partial charge is 0.359 e. The Morgan fingerprint density at radius 3 is 3.07 bits per heavy atom. The summed E-state index contributed by atoms with van der Waals surface area (Å²) >= 11 is 1.80. The van der Waals surface area contributed by atoms with Crippen LogP contribution in [0.15, 0.2) is 18.3 Å². The van der Waals surface area contributed by atoms with Gasteiger partial charge in [0.05, 0.1) is 11.6 Å². The molecule has 1 heterocycles. The van der Waals surface area contributed by atoms with E-state index in [4.69, 9.17) is 5.26 Å². The molecule has 0 spiro atoms. The third-order valence-corrected chi connectivity index (χ3v) is 2.49. The number of hydrogen-bond acceptors (Lipinski definition) is 4. The molecule has 14 heavy (non-hydrogen) atoms. The Hall–Kier alpha value is -1.21. The van der Waals surface area contributed by atoms with E-state index < -0.39 is 0 Å². The van der Waals surface area contributed by atoms with Crippen LogP contribution < -0.4 is 4.90 Å². The molecule has 74 valence electrons. The van der Waals surface area contributed by atoms with Gasteiger partial charge < -0.3 is 4.90 Å². The van der Waals surface area contributed by atoms with Gasteiger partial charge >= 0.3 is 0 Å². The molecular weight excluding hydrogens is 194 g/mol. The lowest BCUT2D eigenvalue weighted by molar-refractivity contribution is 0.946. The van der Waals surface area contributed by atoms with Gasteiger partial charge in [-0.1, -0.05) is 0 Å². The maximum absolute atomic E-state index is 8.72. The number of rotatable bonds is 4. The average molecular weight is 207 g/mol. The highest BCUT2D eigenvalue weighted by Crippen LogP contribution is 2.10. The quantitative estimate of drug-likeness (QED) is 0.754. The monoisotopic (exact) mass is 207 g/mol. The van der Waals surface area contributed by atoms with Crippen molar-refractivity contribution in [2.75, 3.05) is 30.5 Å². The minimum Gasteiger partial charge on any atom is -0.359 e. The van der Waals surface area contributed by atoms with Crippen molar-refractivity contribution in [2.24, 2.45) is 0 Å². The molecule has 0 aromatic carbocycles. The van der Waals surface area contributed by atoms with Gasteiger partial charge in [-0.15, -0.1) is 0 Å². The molecule has 0 aliphatic rings. The topological polar surface area (TPSA) is 39.9 Å². The number of aromatic nitrogens is 1.